The highest BCUT2D eigenvalue weighted by Crippen LogP contribution is 2.32. The van der Waals surface area contributed by atoms with E-state index in [1.165, 1.54) is 6.92 Å². The van der Waals surface area contributed by atoms with Gasteiger partial charge in [0, 0.05) is 13.0 Å². The zero-order valence-corrected chi connectivity index (χ0v) is 11.4. The quantitative estimate of drug-likeness (QED) is 0.645. The van der Waals surface area contributed by atoms with E-state index in [2.05, 4.69) is 13.8 Å². The van der Waals surface area contributed by atoms with Crippen molar-refractivity contribution >= 4 is 5.97 Å². The van der Waals surface area contributed by atoms with Gasteiger partial charge < -0.3 is 15.2 Å². The molecular formula is C14H21NO3. The van der Waals surface area contributed by atoms with Crippen molar-refractivity contribution in [3.63, 3.8) is 0 Å². The van der Waals surface area contributed by atoms with Gasteiger partial charge in [0.25, 0.3) is 0 Å². The molecule has 0 amide bonds. The summed E-state index contributed by atoms with van der Waals surface area (Å²) in [6, 6.07) is 5.38. The van der Waals surface area contributed by atoms with E-state index in [1.54, 1.807) is 13.2 Å². The summed E-state index contributed by atoms with van der Waals surface area (Å²) in [4.78, 5) is 11.0. The molecule has 1 unspecified atom stereocenters. The fourth-order valence-electron chi connectivity index (χ4n) is 1.71. The molecule has 4 heteroatoms. The average Bonchev–Trinajstić information content (AvgIpc) is 2.36. The van der Waals surface area contributed by atoms with Crippen LogP contribution in [0.1, 0.15) is 38.8 Å². The number of hydrogen-bond donors (Lipinski definition) is 1. The first-order chi connectivity index (χ1) is 8.49. The highest BCUT2D eigenvalue weighted by molar-refractivity contribution is 5.70. The van der Waals surface area contributed by atoms with Crippen molar-refractivity contribution in [2.24, 2.45) is 11.7 Å². The van der Waals surface area contributed by atoms with Gasteiger partial charge in [0.15, 0.2) is 11.5 Å². The minimum atomic E-state index is -0.368. The van der Waals surface area contributed by atoms with Gasteiger partial charge in [-0.25, -0.2) is 0 Å². The van der Waals surface area contributed by atoms with Crippen molar-refractivity contribution in [2.75, 3.05) is 7.11 Å². The lowest BCUT2D eigenvalue weighted by Gasteiger charge is -2.20. The molecule has 0 saturated heterocycles. The van der Waals surface area contributed by atoms with Gasteiger partial charge in [-0.1, -0.05) is 26.3 Å². The summed E-state index contributed by atoms with van der Waals surface area (Å²) >= 11 is 0. The molecule has 4 nitrogen and oxygen atoms in total. The second-order valence-electron chi connectivity index (χ2n) is 4.42. The summed E-state index contributed by atoms with van der Waals surface area (Å²) in [6.07, 6.45) is 1.01. The Kier molecular flexibility index (Phi) is 5.16. The fourth-order valence-corrected chi connectivity index (χ4v) is 1.71. The summed E-state index contributed by atoms with van der Waals surface area (Å²) in [5.74, 6) is 0.966. The van der Waals surface area contributed by atoms with Crippen LogP contribution in [0.4, 0.5) is 0 Å². The maximum absolute atomic E-state index is 11.0. The molecule has 0 spiro atoms. The van der Waals surface area contributed by atoms with Crippen molar-refractivity contribution in [3.8, 4) is 11.5 Å². The standard InChI is InChI=1S/C14H21NO3/c1-5-9(2)14(15)11-6-7-12(18-10(3)16)13(8-11)17-4/h6-9,14H,5,15H2,1-4H3/t9?,14-/m0/s1. The Morgan fingerprint density at radius 3 is 2.56 bits per heavy atom. The summed E-state index contributed by atoms with van der Waals surface area (Å²) < 4.78 is 10.3. The number of rotatable bonds is 5. The van der Waals surface area contributed by atoms with Crippen LogP contribution in [-0.2, 0) is 4.79 Å². The van der Waals surface area contributed by atoms with E-state index in [9.17, 15) is 4.79 Å². The van der Waals surface area contributed by atoms with Crippen LogP contribution >= 0.6 is 0 Å². The largest absolute Gasteiger partial charge is 0.493 e. The second kappa shape index (κ2) is 6.40. The van der Waals surface area contributed by atoms with E-state index in [-0.39, 0.29) is 12.0 Å². The van der Waals surface area contributed by atoms with Crippen LogP contribution in [0.25, 0.3) is 0 Å². The van der Waals surface area contributed by atoms with E-state index in [4.69, 9.17) is 15.2 Å². The molecule has 0 fully saturated rings. The van der Waals surface area contributed by atoms with E-state index < -0.39 is 0 Å². The maximum atomic E-state index is 11.0. The SMILES string of the molecule is CCC(C)[C@H](N)c1ccc(OC(C)=O)c(OC)c1. The Bertz CT molecular complexity index is 418. The lowest BCUT2D eigenvalue weighted by Crippen LogP contribution is -2.18. The molecule has 0 bridgehead atoms. The molecule has 1 rings (SSSR count). The Balaban J connectivity index is 3.01. The van der Waals surface area contributed by atoms with Gasteiger partial charge in [-0.15, -0.1) is 0 Å². The molecule has 0 heterocycles. The molecule has 18 heavy (non-hydrogen) atoms. The van der Waals surface area contributed by atoms with Crippen molar-refractivity contribution in [3.05, 3.63) is 23.8 Å². The number of carbonyl (C=O) groups excluding carboxylic acids is 1. The van der Waals surface area contributed by atoms with Gasteiger partial charge in [0.05, 0.1) is 7.11 Å². The lowest BCUT2D eigenvalue weighted by molar-refractivity contribution is -0.132. The monoisotopic (exact) mass is 251 g/mol. The zero-order valence-electron chi connectivity index (χ0n) is 11.4. The number of hydrogen-bond acceptors (Lipinski definition) is 4. The molecular weight excluding hydrogens is 230 g/mol. The van der Waals surface area contributed by atoms with Crippen LogP contribution in [0.15, 0.2) is 18.2 Å². The molecule has 2 atom stereocenters. The first-order valence-corrected chi connectivity index (χ1v) is 6.11. The van der Waals surface area contributed by atoms with E-state index >= 15 is 0 Å². The van der Waals surface area contributed by atoms with Gasteiger partial charge in [0.2, 0.25) is 0 Å². The third kappa shape index (κ3) is 3.47. The summed E-state index contributed by atoms with van der Waals surface area (Å²) in [5, 5.41) is 0. The predicted molar refractivity (Wildman–Crippen MR) is 70.7 cm³/mol. The molecule has 100 valence electrons. The third-order valence-corrected chi connectivity index (χ3v) is 3.08. The average molecular weight is 251 g/mol. The fraction of sp³-hybridized carbons (Fsp3) is 0.500. The Labute approximate surface area is 108 Å². The number of ether oxygens (including phenoxy) is 2. The molecule has 1 aromatic carbocycles. The van der Waals surface area contributed by atoms with Gasteiger partial charge in [-0.05, 0) is 23.6 Å². The number of methoxy groups -OCH3 is 1. The van der Waals surface area contributed by atoms with Crippen LogP contribution in [0.2, 0.25) is 0 Å². The number of nitrogens with two attached hydrogens (primary N) is 1. The van der Waals surface area contributed by atoms with Crippen LogP contribution in [0.5, 0.6) is 11.5 Å². The molecule has 0 aliphatic heterocycles. The molecule has 0 aliphatic rings. The van der Waals surface area contributed by atoms with E-state index in [0.29, 0.717) is 17.4 Å². The molecule has 0 aliphatic carbocycles. The maximum Gasteiger partial charge on any atom is 0.308 e. The van der Waals surface area contributed by atoms with Crippen molar-refractivity contribution in [1.29, 1.82) is 0 Å². The Hall–Kier alpha value is -1.55. The minimum Gasteiger partial charge on any atom is -0.493 e. The summed E-state index contributed by atoms with van der Waals surface area (Å²) in [7, 11) is 1.54. The van der Waals surface area contributed by atoms with Gasteiger partial charge >= 0.3 is 5.97 Å². The normalized spacial score (nSPS) is 13.8. The van der Waals surface area contributed by atoms with Crippen molar-refractivity contribution in [1.82, 2.24) is 0 Å². The Morgan fingerprint density at radius 2 is 2.06 bits per heavy atom. The molecule has 1 aromatic rings. The first-order valence-electron chi connectivity index (χ1n) is 6.11. The molecule has 0 radical (unpaired) electrons. The topological polar surface area (TPSA) is 61.5 Å². The van der Waals surface area contributed by atoms with Gasteiger partial charge in [-0.2, -0.15) is 0 Å². The van der Waals surface area contributed by atoms with Gasteiger partial charge in [-0.3, -0.25) is 4.79 Å². The third-order valence-electron chi connectivity index (χ3n) is 3.08. The number of esters is 1. The van der Waals surface area contributed by atoms with Crippen molar-refractivity contribution in [2.45, 2.75) is 33.2 Å². The minimum absolute atomic E-state index is 0.0460. The van der Waals surface area contributed by atoms with Crippen molar-refractivity contribution < 1.29 is 14.3 Å². The number of carbonyl (C=O) groups is 1. The lowest BCUT2D eigenvalue weighted by atomic mass is 9.93. The molecule has 0 aromatic heterocycles. The highest BCUT2D eigenvalue weighted by Gasteiger charge is 2.16. The number of benzene rings is 1. The van der Waals surface area contributed by atoms with Crippen LogP contribution in [-0.4, -0.2) is 13.1 Å². The summed E-state index contributed by atoms with van der Waals surface area (Å²) in [5.41, 5.74) is 7.14. The van der Waals surface area contributed by atoms with Crippen LogP contribution in [0, 0.1) is 5.92 Å². The smallest absolute Gasteiger partial charge is 0.308 e. The van der Waals surface area contributed by atoms with E-state index in [0.717, 1.165) is 12.0 Å². The molecule has 2 N–H and O–H groups in total. The van der Waals surface area contributed by atoms with Gasteiger partial charge in [0.1, 0.15) is 0 Å². The van der Waals surface area contributed by atoms with Crippen LogP contribution in [0.3, 0.4) is 0 Å². The Morgan fingerprint density at radius 1 is 1.39 bits per heavy atom. The predicted octanol–water partition coefficient (Wildman–Crippen LogP) is 2.67. The molecule has 0 saturated carbocycles. The highest BCUT2D eigenvalue weighted by atomic mass is 16.6. The second-order valence-corrected chi connectivity index (χ2v) is 4.42. The first kappa shape index (κ1) is 14.5. The zero-order chi connectivity index (χ0) is 13.7. The van der Waals surface area contributed by atoms with Crippen LogP contribution < -0.4 is 15.2 Å². The summed E-state index contributed by atoms with van der Waals surface area (Å²) in [6.45, 7) is 5.57. The van der Waals surface area contributed by atoms with E-state index in [1.807, 2.05) is 12.1 Å².